The molecule has 0 aromatic carbocycles. The first kappa shape index (κ1) is 8.78. The van der Waals surface area contributed by atoms with Crippen LogP contribution in [-0.4, -0.2) is 28.8 Å². The molecule has 68 valence electrons. The number of methoxy groups -OCH3 is 1. The quantitative estimate of drug-likeness (QED) is 0.652. The number of fused-ring (bicyclic) bond motifs is 1. The number of thiocarbonyl (C=S) groups is 1. The molecule has 3 unspecified atom stereocenters. The Labute approximate surface area is 82.4 Å². The first-order valence-corrected chi connectivity index (χ1v) is 5.58. The van der Waals surface area contributed by atoms with Gasteiger partial charge in [0.1, 0.15) is 4.32 Å². The van der Waals surface area contributed by atoms with Crippen molar-refractivity contribution in [2.24, 2.45) is 0 Å². The van der Waals surface area contributed by atoms with E-state index in [-0.39, 0.29) is 0 Å². The Balaban J connectivity index is 1.97. The SMILES string of the molecule is COC1CCC2NC(=S)SC2C1. The molecule has 1 saturated carbocycles. The maximum atomic E-state index is 5.35. The minimum Gasteiger partial charge on any atom is -0.381 e. The van der Waals surface area contributed by atoms with E-state index in [1.54, 1.807) is 7.11 Å². The molecule has 12 heavy (non-hydrogen) atoms. The van der Waals surface area contributed by atoms with E-state index in [1.807, 2.05) is 11.8 Å². The van der Waals surface area contributed by atoms with Crippen LogP contribution in [0.15, 0.2) is 0 Å². The Morgan fingerprint density at radius 3 is 3.17 bits per heavy atom. The molecule has 2 aliphatic rings. The van der Waals surface area contributed by atoms with Crippen molar-refractivity contribution in [2.75, 3.05) is 7.11 Å². The molecule has 0 aromatic heterocycles. The summed E-state index contributed by atoms with van der Waals surface area (Å²) >= 11 is 6.93. The smallest absolute Gasteiger partial charge is 0.134 e. The summed E-state index contributed by atoms with van der Waals surface area (Å²) in [5, 5.41) is 4.00. The second-order valence-electron chi connectivity index (χ2n) is 3.37. The average molecular weight is 203 g/mol. The zero-order chi connectivity index (χ0) is 8.55. The maximum absolute atomic E-state index is 5.35. The van der Waals surface area contributed by atoms with Crippen molar-refractivity contribution >= 4 is 28.3 Å². The van der Waals surface area contributed by atoms with Gasteiger partial charge in [-0.2, -0.15) is 0 Å². The fraction of sp³-hybridized carbons (Fsp3) is 0.875. The van der Waals surface area contributed by atoms with Crippen LogP contribution in [0, 0.1) is 0 Å². The van der Waals surface area contributed by atoms with Crippen LogP contribution < -0.4 is 5.32 Å². The van der Waals surface area contributed by atoms with Crippen molar-refractivity contribution in [2.45, 2.75) is 36.7 Å². The summed E-state index contributed by atoms with van der Waals surface area (Å²) in [5.41, 5.74) is 0. The summed E-state index contributed by atoms with van der Waals surface area (Å²) in [6.45, 7) is 0. The minimum absolute atomic E-state index is 0.460. The van der Waals surface area contributed by atoms with Gasteiger partial charge < -0.3 is 10.1 Å². The topological polar surface area (TPSA) is 21.3 Å². The number of hydrogen-bond donors (Lipinski definition) is 1. The Bertz CT molecular complexity index is 197. The standard InChI is InChI=1S/C8H13NOS2/c1-10-5-2-3-6-7(4-5)12-8(11)9-6/h5-7H,2-4H2,1H3,(H,9,11). The molecule has 2 nitrogen and oxygen atoms in total. The summed E-state index contributed by atoms with van der Waals surface area (Å²) in [6, 6.07) is 0.619. The minimum atomic E-state index is 0.460. The highest BCUT2D eigenvalue weighted by atomic mass is 32.2. The van der Waals surface area contributed by atoms with Crippen LogP contribution in [0.25, 0.3) is 0 Å². The predicted molar refractivity (Wildman–Crippen MR) is 55.5 cm³/mol. The molecule has 4 heteroatoms. The maximum Gasteiger partial charge on any atom is 0.134 e. The van der Waals surface area contributed by atoms with Crippen LogP contribution in [0.3, 0.4) is 0 Å². The third kappa shape index (κ3) is 1.60. The lowest BCUT2D eigenvalue weighted by Gasteiger charge is -2.29. The molecule has 1 aliphatic heterocycles. The monoisotopic (exact) mass is 203 g/mol. The lowest BCUT2D eigenvalue weighted by Crippen LogP contribution is -2.38. The molecule has 0 spiro atoms. The van der Waals surface area contributed by atoms with Crippen LogP contribution in [0.5, 0.6) is 0 Å². The predicted octanol–water partition coefficient (Wildman–Crippen LogP) is 1.54. The lowest BCUT2D eigenvalue weighted by atomic mass is 9.93. The zero-order valence-electron chi connectivity index (χ0n) is 7.08. The fourth-order valence-corrected chi connectivity index (χ4v) is 3.62. The van der Waals surface area contributed by atoms with Gasteiger partial charge in [0.25, 0.3) is 0 Å². The van der Waals surface area contributed by atoms with E-state index in [4.69, 9.17) is 17.0 Å². The fourth-order valence-electron chi connectivity index (χ4n) is 1.92. The summed E-state index contributed by atoms with van der Waals surface area (Å²) in [7, 11) is 1.80. The van der Waals surface area contributed by atoms with Crippen LogP contribution in [0.4, 0.5) is 0 Å². The van der Waals surface area contributed by atoms with E-state index in [0.717, 1.165) is 10.7 Å². The lowest BCUT2D eigenvalue weighted by molar-refractivity contribution is 0.0680. The molecular formula is C8H13NOS2. The van der Waals surface area contributed by atoms with E-state index in [0.29, 0.717) is 17.4 Å². The number of rotatable bonds is 1. The van der Waals surface area contributed by atoms with Gasteiger partial charge in [-0.1, -0.05) is 24.0 Å². The molecular weight excluding hydrogens is 190 g/mol. The molecule has 1 saturated heterocycles. The molecule has 2 rings (SSSR count). The van der Waals surface area contributed by atoms with E-state index >= 15 is 0 Å². The third-order valence-corrected chi connectivity index (χ3v) is 4.20. The Morgan fingerprint density at radius 2 is 2.42 bits per heavy atom. The number of nitrogens with one attached hydrogen (secondary N) is 1. The van der Waals surface area contributed by atoms with Crippen LogP contribution in [-0.2, 0) is 4.74 Å². The van der Waals surface area contributed by atoms with Crippen molar-refractivity contribution in [3.05, 3.63) is 0 Å². The van der Waals surface area contributed by atoms with E-state index in [1.165, 1.54) is 12.8 Å². The van der Waals surface area contributed by atoms with Crippen molar-refractivity contribution < 1.29 is 4.74 Å². The number of ether oxygens (including phenoxy) is 1. The molecule has 0 aromatic rings. The Morgan fingerprint density at radius 1 is 1.58 bits per heavy atom. The first-order valence-electron chi connectivity index (χ1n) is 4.29. The molecule has 2 fully saturated rings. The second kappa shape index (κ2) is 3.52. The average Bonchev–Trinajstić information content (AvgIpc) is 2.43. The second-order valence-corrected chi connectivity index (χ2v) is 5.28. The van der Waals surface area contributed by atoms with Crippen LogP contribution >= 0.6 is 24.0 Å². The van der Waals surface area contributed by atoms with Gasteiger partial charge in [-0.05, 0) is 19.3 Å². The normalized spacial score (nSPS) is 40.8. The highest BCUT2D eigenvalue weighted by Gasteiger charge is 2.36. The zero-order valence-corrected chi connectivity index (χ0v) is 8.71. The van der Waals surface area contributed by atoms with Crippen molar-refractivity contribution in [3.8, 4) is 0 Å². The van der Waals surface area contributed by atoms with Gasteiger partial charge in [0, 0.05) is 18.4 Å². The van der Waals surface area contributed by atoms with Gasteiger partial charge in [0.15, 0.2) is 0 Å². The van der Waals surface area contributed by atoms with Gasteiger partial charge in [0.2, 0.25) is 0 Å². The van der Waals surface area contributed by atoms with Gasteiger partial charge in [0.05, 0.1) is 6.10 Å². The van der Waals surface area contributed by atoms with Crippen LogP contribution in [0.2, 0.25) is 0 Å². The number of thioether (sulfide) groups is 1. The van der Waals surface area contributed by atoms with Gasteiger partial charge in [-0.15, -0.1) is 0 Å². The van der Waals surface area contributed by atoms with Gasteiger partial charge in [-0.25, -0.2) is 0 Å². The third-order valence-electron chi connectivity index (χ3n) is 2.64. The molecule has 3 atom stereocenters. The highest BCUT2D eigenvalue weighted by molar-refractivity contribution is 8.23. The van der Waals surface area contributed by atoms with Gasteiger partial charge in [-0.3, -0.25) is 0 Å². The van der Waals surface area contributed by atoms with E-state index in [2.05, 4.69) is 5.32 Å². The first-order chi connectivity index (χ1) is 5.79. The molecule has 1 N–H and O–H groups in total. The largest absolute Gasteiger partial charge is 0.381 e. The Kier molecular flexibility index (Phi) is 2.57. The summed E-state index contributed by atoms with van der Waals surface area (Å²) in [6.07, 6.45) is 3.99. The molecule has 1 heterocycles. The highest BCUT2D eigenvalue weighted by Crippen LogP contribution is 2.35. The number of hydrogen-bond acceptors (Lipinski definition) is 3. The summed E-state index contributed by atoms with van der Waals surface area (Å²) in [4.78, 5) is 0. The van der Waals surface area contributed by atoms with E-state index < -0.39 is 0 Å². The van der Waals surface area contributed by atoms with Gasteiger partial charge >= 0.3 is 0 Å². The summed E-state index contributed by atoms with van der Waals surface area (Å²) in [5.74, 6) is 0. The van der Waals surface area contributed by atoms with Crippen molar-refractivity contribution in [1.29, 1.82) is 0 Å². The Hall–Kier alpha value is 0.200. The molecule has 0 amide bonds. The van der Waals surface area contributed by atoms with Crippen LogP contribution in [0.1, 0.15) is 19.3 Å². The van der Waals surface area contributed by atoms with Crippen molar-refractivity contribution in [3.63, 3.8) is 0 Å². The molecule has 0 radical (unpaired) electrons. The van der Waals surface area contributed by atoms with E-state index in [9.17, 15) is 0 Å². The summed E-state index contributed by atoms with van der Waals surface area (Å²) < 4.78 is 6.32. The molecule has 0 bridgehead atoms. The van der Waals surface area contributed by atoms with Crippen molar-refractivity contribution in [1.82, 2.24) is 5.32 Å². The molecule has 1 aliphatic carbocycles.